The zero-order valence-electron chi connectivity index (χ0n) is 10.3. The first-order valence-electron chi connectivity index (χ1n) is 5.78. The first kappa shape index (κ1) is 11.7. The van der Waals surface area contributed by atoms with Crippen LogP contribution in [-0.2, 0) is 0 Å². The van der Waals surface area contributed by atoms with Crippen LogP contribution in [-0.4, -0.2) is 4.98 Å². The molecule has 4 heteroatoms. The van der Waals surface area contributed by atoms with Crippen molar-refractivity contribution in [2.24, 2.45) is 0 Å². The quantitative estimate of drug-likeness (QED) is 0.696. The Kier molecular flexibility index (Phi) is 2.90. The molecule has 1 aromatic carbocycles. The van der Waals surface area contributed by atoms with Crippen molar-refractivity contribution < 1.29 is 4.42 Å². The number of thiazole rings is 1. The highest BCUT2D eigenvalue weighted by Crippen LogP contribution is 2.31. The molecule has 0 aliphatic heterocycles. The summed E-state index contributed by atoms with van der Waals surface area (Å²) in [5, 5.41) is 11.9. The first-order chi connectivity index (χ1) is 9.28. The van der Waals surface area contributed by atoms with Crippen LogP contribution in [0, 0.1) is 18.3 Å². The van der Waals surface area contributed by atoms with Crippen LogP contribution in [0.5, 0.6) is 0 Å². The molecule has 0 aliphatic carbocycles. The van der Waals surface area contributed by atoms with E-state index in [1.807, 2.05) is 36.6 Å². The standard InChI is InChI=1S/C15H10N2OS/c1-10-13(5-6-18-10)15-17-14(9-19-15)12-4-2-3-11(7-12)8-16/h2-7,9H,1H3. The van der Waals surface area contributed by atoms with E-state index < -0.39 is 0 Å². The van der Waals surface area contributed by atoms with E-state index in [9.17, 15) is 0 Å². The molecule has 2 heterocycles. The third-order valence-corrected chi connectivity index (χ3v) is 3.76. The molecular weight excluding hydrogens is 256 g/mol. The molecule has 0 atom stereocenters. The lowest BCUT2D eigenvalue weighted by atomic mass is 10.1. The Hall–Kier alpha value is -2.38. The minimum atomic E-state index is 0.645. The summed E-state index contributed by atoms with van der Waals surface area (Å²) in [6.07, 6.45) is 1.67. The SMILES string of the molecule is Cc1occc1-c1nc(-c2cccc(C#N)c2)cs1. The summed E-state index contributed by atoms with van der Waals surface area (Å²) in [4.78, 5) is 4.61. The molecule has 3 nitrogen and oxygen atoms in total. The van der Waals surface area contributed by atoms with Gasteiger partial charge in [0, 0.05) is 10.9 Å². The van der Waals surface area contributed by atoms with E-state index in [0.717, 1.165) is 27.6 Å². The van der Waals surface area contributed by atoms with Gasteiger partial charge in [0.05, 0.1) is 29.2 Å². The predicted octanol–water partition coefficient (Wildman–Crippen LogP) is 4.25. The van der Waals surface area contributed by atoms with Gasteiger partial charge in [0.25, 0.3) is 0 Å². The van der Waals surface area contributed by atoms with Gasteiger partial charge in [0.2, 0.25) is 0 Å². The van der Waals surface area contributed by atoms with E-state index in [4.69, 9.17) is 9.68 Å². The van der Waals surface area contributed by atoms with Gasteiger partial charge in [-0.25, -0.2) is 4.98 Å². The fourth-order valence-electron chi connectivity index (χ4n) is 1.88. The Morgan fingerprint density at radius 2 is 2.21 bits per heavy atom. The molecule has 3 rings (SSSR count). The van der Waals surface area contributed by atoms with Gasteiger partial charge in [-0.05, 0) is 25.1 Å². The van der Waals surface area contributed by atoms with Crippen LogP contribution in [0.1, 0.15) is 11.3 Å². The molecule has 0 radical (unpaired) electrons. The number of hydrogen-bond acceptors (Lipinski definition) is 4. The molecule has 0 spiro atoms. The van der Waals surface area contributed by atoms with E-state index >= 15 is 0 Å². The molecule has 3 aromatic rings. The summed E-state index contributed by atoms with van der Waals surface area (Å²) in [5.74, 6) is 0.867. The smallest absolute Gasteiger partial charge is 0.127 e. The number of benzene rings is 1. The minimum absolute atomic E-state index is 0.645. The topological polar surface area (TPSA) is 49.8 Å². The van der Waals surface area contributed by atoms with Crippen molar-refractivity contribution in [3.05, 3.63) is 53.3 Å². The molecule has 0 N–H and O–H groups in total. The lowest BCUT2D eigenvalue weighted by Gasteiger charge is -1.96. The van der Waals surface area contributed by atoms with Crippen LogP contribution >= 0.6 is 11.3 Å². The Morgan fingerprint density at radius 3 is 2.95 bits per heavy atom. The second-order valence-corrected chi connectivity index (χ2v) is 4.98. The van der Waals surface area contributed by atoms with Gasteiger partial charge >= 0.3 is 0 Å². The maximum atomic E-state index is 8.92. The van der Waals surface area contributed by atoms with Crippen molar-refractivity contribution >= 4 is 11.3 Å². The fourth-order valence-corrected chi connectivity index (χ4v) is 2.79. The molecule has 19 heavy (non-hydrogen) atoms. The molecule has 0 saturated carbocycles. The molecule has 92 valence electrons. The van der Waals surface area contributed by atoms with Gasteiger partial charge in [-0.15, -0.1) is 11.3 Å². The molecule has 2 aromatic heterocycles. The summed E-state index contributed by atoms with van der Waals surface area (Å²) in [5.41, 5.74) is 3.51. The lowest BCUT2D eigenvalue weighted by Crippen LogP contribution is -1.81. The third kappa shape index (κ3) is 2.16. The molecule has 0 aliphatic rings. The summed E-state index contributed by atoms with van der Waals surface area (Å²) in [6.45, 7) is 1.92. The van der Waals surface area contributed by atoms with Crippen molar-refractivity contribution in [2.75, 3.05) is 0 Å². The number of furan rings is 1. The van der Waals surface area contributed by atoms with E-state index in [1.54, 1.807) is 23.7 Å². The van der Waals surface area contributed by atoms with Crippen LogP contribution in [0.25, 0.3) is 21.8 Å². The Balaban J connectivity index is 2.02. The number of rotatable bonds is 2. The molecule has 0 saturated heterocycles. The van der Waals surface area contributed by atoms with Crippen molar-refractivity contribution in [2.45, 2.75) is 6.92 Å². The van der Waals surface area contributed by atoms with Gasteiger partial charge in [-0.3, -0.25) is 0 Å². The van der Waals surface area contributed by atoms with Crippen LogP contribution < -0.4 is 0 Å². The highest BCUT2D eigenvalue weighted by Gasteiger charge is 2.10. The molecular formula is C15H10N2OS. The predicted molar refractivity (Wildman–Crippen MR) is 74.7 cm³/mol. The van der Waals surface area contributed by atoms with E-state index in [-0.39, 0.29) is 0 Å². The fraction of sp³-hybridized carbons (Fsp3) is 0.0667. The maximum Gasteiger partial charge on any atom is 0.127 e. The van der Waals surface area contributed by atoms with E-state index in [2.05, 4.69) is 11.1 Å². The number of hydrogen-bond donors (Lipinski definition) is 0. The lowest BCUT2D eigenvalue weighted by molar-refractivity contribution is 0.535. The maximum absolute atomic E-state index is 8.92. The Morgan fingerprint density at radius 1 is 1.32 bits per heavy atom. The van der Waals surface area contributed by atoms with E-state index in [0.29, 0.717) is 5.56 Å². The van der Waals surface area contributed by atoms with Crippen LogP contribution in [0.15, 0.2) is 46.4 Å². The van der Waals surface area contributed by atoms with Crippen molar-refractivity contribution in [1.29, 1.82) is 5.26 Å². The van der Waals surface area contributed by atoms with Crippen LogP contribution in [0.3, 0.4) is 0 Å². The number of nitrogens with zero attached hydrogens (tertiary/aromatic N) is 2. The summed E-state index contributed by atoms with van der Waals surface area (Å²) in [6, 6.07) is 11.5. The monoisotopic (exact) mass is 266 g/mol. The van der Waals surface area contributed by atoms with Gasteiger partial charge in [-0.1, -0.05) is 12.1 Å². The largest absolute Gasteiger partial charge is 0.469 e. The highest BCUT2D eigenvalue weighted by atomic mass is 32.1. The van der Waals surface area contributed by atoms with Gasteiger partial charge in [0.1, 0.15) is 10.8 Å². The second kappa shape index (κ2) is 4.71. The van der Waals surface area contributed by atoms with Crippen molar-refractivity contribution in [3.63, 3.8) is 0 Å². The Labute approximate surface area is 114 Å². The third-order valence-electron chi connectivity index (χ3n) is 2.88. The van der Waals surface area contributed by atoms with E-state index in [1.165, 1.54) is 0 Å². The summed E-state index contributed by atoms with van der Waals surface area (Å²) in [7, 11) is 0. The minimum Gasteiger partial charge on any atom is -0.469 e. The average Bonchev–Trinajstić information content (AvgIpc) is 3.07. The number of aryl methyl sites for hydroxylation is 1. The Bertz CT molecular complexity index is 764. The molecule has 0 amide bonds. The summed E-state index contributed by atoms with van der Waals surface area (Å²) < 4.78 is 5.29. The van der Waals surface area contributed by atoms with Crippen LogP contribution in [0.2, 0.25) is 0 Å². The first-order valence-corrected chi connectivity index (χ1v) is 6.66. The molecule has 0 bridgehead atoms. The average molecular weight is 266 g/mol. The molecule has 0 fully saturated rings. The second-order valence-electron chi connectivity index (χ2n) is 4.12. The normalized spacial score (nSPS) is 10.3. The van der Waals surface area contributed by atoms with Crippen molar-refractivity contribution in [1.82, 2.24) is 4.98 Å². The number of nitriles is 1. The van der Waals surface area contributed by atoms with Gasteiger partial charge < -0.3 is 4.42 Å². The van der Waals surface area contributed by atoms with Crippen LogP contribution in [0.4, 0.5) is 0 Å². The molecule has 0 unspecified atom stereocenters. The van der Waals surface area contributed by atoms with Gasteiger partial charge in [-0.2, -0.15) is 5.26 Å². The van der Waals surface area contributed by atoms with Crippen molar-refractivity contribution in [3.8, 4) is 27.9 Å². The zero-order valence-corrected chi connectivity index (χ0v) is 11.1. The highest BCUT2D eigenvalue weighted by molar-refractivity contribution is 7.13. The summed E-state index contributed by atoms with van der Waals surface area (Å²) >= 11 is 1.58. The zero-order chi connectivity index (χ0) is 13.2. The number of aromatic nitrogens is 1. The van der Waals surface area contributed by atoms with Gasteiger partial charge in [0.15, 0.2) is 0 Å².